The highest BCUT2D eigenvalue weighted by molar-refractivity contribution is 5.60. The number of hydrogen-bond acceptors (Lipinski definition) is 4. The van der Waals surface area contributed by atoms with Crippen LogP contribution in [0, 0.1) is 11.8 Å². The molecule has 3 N–H and O–H groups in total. The summed E-state index contributed by atoms with van der Waals surface area (Å²) in [7, 11) is 1.49. The molecule has 112 valence electrons. The summed E-state index contributed by atoms with van der Waals surface area (Å²) in [6.07, 6.45) is 3.33. The van der Waals surface area contributed by atoms with Crippen molar-refractivity contribution >= 4 is 11.5 Å². The maximum atomic E-state index is 12.2. The standard InChI is InChI=1S/C14H24N4O2/c1-4-7-18-12(15)11(13(19)17(3)14(18)20)16-8-9(2)10-5-6-10/h9-10,16H,4-8,15H2,1-3H3. The number of hydrogen-bond donors (Lipinski definition) is 2. The Hall–Kier alpha value is -1.72. The third-order valence-electron chi connectivity index (χ3n) is 4.06. The van der Waals surface area contributed by atoms with Crippen molar-refractivity contribution in [2.24, 2.45) is 18.9 Å². The smallest absolute Gasteiger partial charge is 0.332 e. The van der Waals surface area contributed by atoms with Crippen molar-refractivity contribution in [3.05, 3.63) is 20.8 Å². The van der Waals surface area contributed by atoms with Gasteiger partial charge in [0.1, 0.15) is 11.5 Å². The second-order valence-corrected chi connectivity index (χ2v) is 5.75. The molecular weight excluding hydrogens is 256 g/mol. The molecular formula is C14H24N4O2. The number of anilines is 2. The molecule has 1 heterocycles. The minimum atomic E-state index is -0.352. The molecule has 0 aliphatic heterocycles. The topological polar surface area (TPSA) is 82.0 Å². The second-order valence-electron chi connectivity index (χ2n) is 5.75. The number of aromatic nitrogens is 2. The third-order valence-corrected chi connectivity index (χ3v) is 4.06. The Bertz CT molecular complexity index is 598. The summed E-state index contributed by atoms with van der Waals surface area (Å²) in [6, 6.07) is 0. The van der Waals surface area contributed by atoms with Gasteiger partial charge in [-0.3, -0.25) is 13.9 Å². The van der Waals surface area contributed by atoms with Crippen LogP contribution in [0.3, 0.4) is 0 Å². The Morgan fingerprint density at radius 1 is 1.40 bits per heavy atom. The van der Waals surface area contributed by atoms with E-state index in [-0.39, 0.29) is 17.1 Å². The first kappa shape index (κ1) is 14.7. The summed E-state index contributed by atoms with van der Waals surface area (Å²) in [5.74, 6) is 1.53. The molecule has 1 fully saturated rings. The number of nitrogens with one attached hydrogen (secondary N) is 1. The molecule has 2 rings (SSSR count). The van der Waals surface area contributed by atoms with Gasteiger partial charge in [-0.15, -0.1) is 0 Å². The molecule has 0 spiro atoms. The molecule has 20 heavy (non-hydrogen) atoms. The molecule has 1 aromatic rings. The quantitative estimate of drug-likeness (QED) is 0.814. The van der Waals surface area contributed by atoms with Gasteiger partial charge in [0.2, 0.25) is 0 Å². The molecule has 0 bridgehead atoms. The summed E-state index contributed by atoms with van der Waals surface area (Å²) >= 11 is 0. The van der Waals surface area contributed by atoms with Crippen molar-refractivity contribution in [1.29, 1.82) is 0 Å². The van der Waals surface area contributed by atoms with E-state index in [0.717, 1.165) is 16.9 Å². The van der Waals surface area contributed by atoms with E-state index in [9.17, 15) is 9.59 Å². The SMILES string of the molecule is CCCn1c(N)c(NCC(C)C2CC2)c(=O)n(C)c1=O. The van der Waals surface area contributed by atoms with E-state index in [0.29, 0.717) is 24.7 Å². The first-order valence-electron chi connectivity index (χ1n) is 7.30. The van der Waals surface area contributed by atoms with Gasteiger partial charge < -0.3 is 11.1 Å². The predicted octanol–water partition coefficient (Wildman–Crippen LogP) is 0.997. The Morgan fingerprint density at radius 2 is 2.05 bits per heavy atom. The predicted molar refractivity (Wildman–Crippen MR) is 81.0 cm³/mol. The zero-order valence-electron chi connectivity index (χ0n) is 12.5. The van der Waals surface area contributed by atoms with Crippen LogP contribution in [0.5, 0.6) is 0 Å². The highest BCUT2D eigenvalue weighted by atomic mass is 16.2. The highest BCUT2D eigenvalue weighted by Gasteiger charge is 2.28. The number of nitrogen functional groups attached to an aromatic ring is 1. The van der Waals surface area contributed by atoms with Gasteiger partial charge in [0.05, 0.1) is 0 Å². The Kier molecular flexibility index (Phi) is 4.20. The maximum absolute atomic E-state index is 12.2. The van der Waals surface area contributed by atoms with Crippen LogP contribution >= 0.6 is 0 Å². The Balaban J connectivity index is 2.31. The largest absolute Gasteiger partial charge is 0.383 e. The van der Waals surface area contributed by atoms with Crippen LogP contribution in [0.15, 0.2) is 9.59 Å². The molecule has 0 radical (unpaired) electrons. The van der Waals surface area contributed by atoms with Crippen LogP contribution in [-0.2, 0) is 13.6 Å². The molecule has 1 aliphatic carbocycles. The fourth-order valence-electron chi connectivity index (χ4n) is 2.48. The van der Waals surface area contributed by atoms with Gasteiger partial charge in [0.15, 0.2) is 0 Å². The third kappa shape index (κ3) is 2.73. The van der Waals surface area contributed by atoms with Gasteiger partial charge in [-0.2, -0.15) is 0 Å². The van der Waals surface area contributed by atoms with Gasteiger partial charge in [-0.05, 0) is 31.1 Å². The number of nitrogens with zero attached hydrogens (tertiary/aromatic N) is 2. The minimum Gasteiger partial charge on any atom is -0.383 e. The van der Waals surface area contributed by atoms with Crippen molar-refractivity contribution < 1.29 is 0 Å². The zero-order valence-corrected chi connectivity index (χ0v) is 12.5. The van der Waals surface area contributed by atoms with E-state index < -0.39 is 0 Å². The van der Waals surface area contributed by atoms with Gasteiger partial charge >= 0.3 is 5.69 Å². The molecule has 1 aliphatic rings. The van der Waals surface area contributed by atoms with Gasteiger partial charge in [0, 0.05) is 20.1 Å². The monoisotopic (exact) mass is 280 g/mol. The summed E-state index contributed by atoms with van der Waals surface area (Å²) in [5.41, 5.74) is 5.66. The fourth-order valence-corrected chi connectivity index (χ4v) is 2.48. The van der Waals surface area contributed by atoms with Crippen LogP contribution in [-0.4, -0.2) is 15.7 Å². The minimum absolute atomic E-state index is 0.253. The molecule has 0 amide bonds. The first-order chi connectivity index (χ1) is 9.47. The van der Waals surface area contributed by atoms with E-state index >= 15 is 0 Å². The van der Waals surface area contributed by atoms with E-state index in [1.54, 1.807) is 0 Å². The molecule has 0 aromatic carbocycles. The second kappa shape index (κ2) is 5.73. The number of rotatable bonds is 6. The van der Waals surface area contributed by atoms with Crippen molar-refractivity contribution in [2.45, 2.75) is 39.7 Å². The molecule has 1 saturated carbocycles. The van der Waals surface area contributed by atoms with Crippen molar-refractivity contribution in [2.75, 3.05) is 17.6 Å². The Morgan fingerprint density at radius 3 is 2.60 bits per heavy atom. The summed E-state index contributed by atoms with van der Waals surface area (Å²) < 4.78 is 2.58. The van der Waals surface area contributed by atoms with Crippen LogP contribution < -0.4 is 22.3 Å². The zero-order chi connectivity index (χ0) is 14.9. The average molecular weight is 280 g/mol. The molecule has 1 unspecified atom stereocenters. The lowest BCUT2D eigenvalue weighted by molar-refractivity contribution is 0.534. The molecule has 1 aromatic heterocycles. The number of nitrogens with two attached hydrogens (primary N) is 1. The lowest BCUT2D eigenvalue weighted by Crippen LogP contribution is -2.41. The van der Waals surface area contributed by atoms with Crippen LogP contribution in [0.25, 0.3) is 0 Å². The Labute approximate surface area is 118 Å². The lowest BCUT2D eigenvalue weighted by Gasteiger charge is -2.17. The normalized spacial score (nSPS) is 16.1. The maximum Gasteiger partial charge on any atom is 0.332 e. The van der Waals surface area contributed by atoms with Crippen molar-refractivity contribution in [3.63, 3.8) is 0 Å². The average Bonchev–Trinajstić information content (AvgIpc) is 3.25. The van der Waals surface area contributed by atoms with Crippen LogP contribution in [0.4, 0.5) is 11.5 Å². The molecule has 6 heteroatoms. The van der Waals surface area contributed by atoms with Crippen LogP contribution in [0.2, 0.25) is 0 Å². The fraction of sp³-hybridized carbons (Fsp3) is 0.714. The van der Waals surface area contributed by atoms with E-state index in [1.807, 2.05) is 6.92 Å². The summed E-state index contributed by atoms with van der Waals surface area (Å²) in [4.78, 5) is 24.2. The molecule has 6 nitrogen and oxygen atoms in total. The first-order valence-corrected chi connectivity index (χ1v) is 7.30. The lowest BCUT2D eigenvalue weighted by atomic mass is 10.1. The summed E-state index contributed by atoms with van der Waals surface area (Å²) in [6.45, 7) is 5.38. The van der Waals surface area contributed by atoms with Crippen molar-refractivity contribution in [3.8, 4) is 0 Å². The van der Waals surface area contributed by atoms with Crippen molar-refractivity contribution in [1.82, 2.24) is 9.13 Å². The molecule has 1 atom stereocenters. The van der Waals surface area contributed by atoms with Gasteiger partial charge in [-0.1, -0.05) is 13.8 Å². The van der Waals surface area contributed by atoms with E-state index in [2.05, 4.69) is 12.2 Å². The van der Waals surface area contributed by atoms with Gasteiger partial charge in [0.25, 0.3) is 5.56 Å². The van der Waals surface area contributed by atoms with Crippen LogP contribution in [0.1, 0.15) is 33.1 Å². The van der Waals surface area contributed by atoms with E-state index in [4.69, 9.17) is 5.73 Å². The van der Waals surface area contributed by atoms with E-state index in [1.165, 1.54) is 24.5 Å². The van der Waals surface area contributed by atoms with Gasteiger partial charge in [-0.25, -0.2) is 4.79 Å². The summed E-state index contributed by atoms with van der Waals surface area (Å²) in [5, 5.41) is 3.15. The molecule has 0 saturated heterocycles. The highest BCUT2D eigenvalue weighted by Crippen LogP contribution is 2.36.